The minimum atomic E-state index is -0.591. The lowest BCUT2D eigenvalue weighted by Gasteiger charge is -2.08. The third kappa shape index (κ3) is 3.30. The van der Waals surface area contributed by atoms with E-state index in [1.807, 2.05) is 0 Å². The van der Waals surface area contributed by atoms with Crippen LogP contribution in [-0.2, 0) is 6.54 Å². The molecule has 1 aromatic carbocycles. The van der Waals surface area contributed by atoms with Gasteiger partial charge < -0.3 is 11.1 Å². The summed E-state index contributed by atoms with van der Waals surface area (Å²) < 4.78 is 27.0. The van der Waals surface area contributed by atoms with Crippen LogP contribution >= 0.6 is 15.9 Å². The zero-order chi connectivity index (χ0) is 14.7. The van der Waals surface area contributed by atoms with E-state index in [0.29, 0.717) is 4.47 Å². The number of pyridine rings is 1. The molecule has 1 heterocycles. The highest BCUT2D eigenvalue weighted by molar-refractivity contribution is 9.10. The summed E-state index contributed by atoms with van der Waals surface area (Å²) in [4.78, 5) is 15.7. The number of nitrogens with zero attached hydrogens (tertiary/aromatic N) is 1. The van der Waals surface area contributed by atoms with Crippen molar-refractivity contribution in [3.63, 3.8) is 0 Å². The highest BCUT2D eigenvalue weighted by Crippen LogP contribution is 2.16. The Labute approximate surface area is 122 Å². The second-order valence-electron chi connectivity index (χ2n) is 4.00. The molecule has 3 N–H and O–H groups in total. The van der Waals surface area contributed by atoms with Crippen LogP contribution in [0, 0.1) is 11.6 Å². The molecule has 1 amide bonds. The topological polar surface area (TPSA) is 68.0 Å². The maximum atomic E-state index is 13.4. The minimum Gasteiger partial charge on any atom is -0.383 e. The number of aromatic nitrogens is 1. The van der Waals surface area contributed by atoms with Gasteiger partial charge in [0.2, 0.25) is 0 Å². The average Bonchev–Trinajstić information content (AvgIpc) is 2.42. The van der Waals surface area contributed by atoms with Gasteiger partial charge in [-0.2, -0.15) is 0 Å². The van der Waals surface area contributed by atoms with Crippen LogP contribution in [0.1, 0.15) is 15.9 Å². The number of hydrogen-bond donors (Lipinski definition) is 2. The zero-order valence-electron chi connectivity index (χ0n) is 10.2. The van der Waals surface area contributed by atoms with Crippen LogP contribution in [-0.4, -0.2) is 10.9 Å². The number of anilines is 1. The normalized spacial score (nSPS) is 10.3. The molecule has 0 atom stereocenters. The molecular weight excluding hydrogens is 332 g/mol. The predicted molar refractivity (Wildman–Crippen MR) is 73.9 cm³/mol. The van der Waals surface area contributed by atoms with Crippen LogP contribution in [0.15, 0.2) is 34.9 Å². The molecule has 7 heteroatoms. The molecule has 0 fully saturated rings. The van der Waals surface area contributed by atoms with Gasteiger partial charge in [0.05, 0.1) is 5.56 Å². The van der Waals surface area contributed by atoms with Gasteiger partial charge in [-0.25, -0.2) is 13.8 Å². The Morgan fingerprint density at radius 3 is 2.85 bits per heavy atom. The molecule has 0 unspecified atom stereocenters. The summed E-state index contributed by atoms with van der Waals surface area (Å²) >= 11 is 3.17. The Hall–Kier alpha value is -2.02. The van der Waals surface area contributed by atoms with Crippen molar-refractivity contribution in [2.24, 2.45) is 0 Å². The van der Waals surface area contributed by atoms with Gasteiger partial charge in [-0.05, 0) is 40.2 Å². The van der Waals surface area contributed by atoms with E-state index in [1.54, 1.807) is 0 Å². The number of nitrogens with one attached hydrogen (secondary N) is 1. The van der Waals surface area contributed by atoms with Gasteiger partial charge >= 0.3 is 0 Å². The fourth-order valence-corrected chi connectivity index (χ4v) is 1.91. The molecule has 0 radical (unpaired) electrons. The molecule has 0 aliphatic heterocycles. The second kappa shape index (κ2) is 5.96. The van der Waals surface area contributed by atoms with Crippen LogP contribution in [0.5, 0.6) is 0 Å². The predicted octanol–water partition coefficient (Wildman–Crippen LogP) is 2.63. The first-order valence-corrected chi connectivity index (χ1v) is 6.40. The van der Waals surface area contributed by atoms with Gasteiger partial charge in [0.1, 0.15) is 17.5 Å². The largest absolute Gasteiger partial charge is 0.383 e. The maximum absolute atomic E-state index is 13.4. The van der Waals surface area contributed by atoms with Crippen molar-refractivity contribution < 1.29 is 13.6 Å². The Kier molecular flexibility index (Phi) is 4.29. The highest BCUT2D eigenvalue weighted by atomic mass is 79.9. The van der Waals surface area contributed by atoms with Gasteiger partial charge in [0, 0.05) is 22.8 Å². The first-order chi connectivity index (χ1) is 9.47. The van der Waals surface area contributed by atoms with Crippen LogP contribution < -0.4 is 11.1 Å². The smallest absolute Gasteiger partial charge is 0.255 e. The van der Waals surface area contributed by atoms with Crippen LogP contribution in [0.4, 0.5) is 14.6 Å². The van der Waals surface area contributed by atoms with Gasteiger partial charge in [0.25, 0.3) is 5.91 Å². The number of nitrogens with two attached hydrogens (primary N) is 1. The minimum absolute atomic E-state index is 0.0554. The molecule has 2 rings (SSSR count). The monoisotopic (exact) mass is 341 g/mol. The molecule has 0 saturated carbocycles. The Morgan fingerprint density at radius 2 is 2.10 bits per heavy atom. The lowest BCUT2D eigenvalue weighted by molar-refractivity contribution is 0.0951. The van der Waals surface area contributed by atoms with Crippen LogP contribution in [0.25, 0.3) is 0 Å². The molecule has 0 saturated heterocycles. The van der Waals surface area contributed by atoms with E-state index < -0.39 is 17.5 Å². The number of amides is 1. The fraction of sp³-hybridized carbons (Fsp3) is 0.0769. The van der Waals surface area contributed by atoms with E-state index in [0.717, 1.165) is 18.2 Å². The van der Waals surface area contributed by atoms with E-state index in [4.69, 9.17) is 5.73 Å². The summed E-state index contributed by atoms with van der Waals surface area (Å²) in [5.74, 6) is -1.61. The summed E-state index contributed by atoms with van der Waals surface area (Å²) in [6.07, 6.45) is 1.46. The Balaban J connectivity index is 2.12. The van der Waals surface area contributed by atoms with E-state index in [1.165, 1.54) is 12.3 Å². The van der Waals surface area contributed by atoms with Crippen molar-refractivity contribution in [3.8, 4) is 0 Å². The summed E-state index contributed by atoms with van der Waals surface area (Å²) in [5.41, 5.74) is 5.81. The van der Waals surface area contributed by atoms with E-state index >= 15 is 0 Å². The highest BCUT2D eigenvalue weighted by Gasteiger charge is 2.12. The van der Waals surface area contributed by atoms with Crippen molar-refractivity contribution in [2.75, 3.05) is 5.73 Å². The number of hydrogen-bond acceptors (Lipinski definition) is 3. The first kappa shape index (κ1) is 14.4. The lowest BCUT2D eigenvalue weighted by atomic mass is 10.2. The number of carbonyl (C=O) groups is 1. The molecule has 0 aliphatic carbocycles. The number of benzene rings is 1. The molecule has 4 nitrogen and oxygen atoms in total. The first-order valence-electron chi connectivity index (χ1n) is 5.60. The molecule has 0 bridgehead atoms. The Bertz CT molecular complexity index is 664. The molecular formula is C13H10BrF2N3O. The summed E-state index contributed by atoms with van der Waals surface area (Å²) in [7, 11) is 0. The molecule has 0 spiro atoms. The quantitative estimate of drug-likeness (QED) is 0.901. The van der Waals surface area contributed by atoms with Gasteiger partial charge in [-0.1, -0.05) is 0 Å². The number of rotatable bonds is 3. The standard InChI is InChI=1S/C13H10BrF2N3O/c14-8-4-10(12(17)18-6-8)13(20)19-5-7-3-9(15)1-2-11(7)16/h1-4,6H,5H2,(H2,17,18)(H,19,20). The SMILES string of the molecule is Nc1ncc(Br)cc1C(=O)NCc1cc(F)ccc1F. The number of halogens is 3. The lowest BCUT2D eigenvalue weighted by Crippen LogP contribution is -2.24. The molecule has 20 heavy (non-hydrogen) atoms. The van der Waals surface area contributed by atoms with Crippen LogP contribution in [0.2, 0.25) is 0 Å². The zero-order valence-corrected chi connectivity index (χ0v) is 11.7. The van der Waals surface area contributed by atoms with Crippen molar-refractivity contribution in [1.82, 2.24) is 10.3 Å². The van der Waals surface area contributed by atoms with Crippen molar-refractivity contribution in [1.29, 1.82) is 0 Å². The second-order valence-corrected chi connectivity index (χ2v) is 4.92. The van der Waals surface area contributed by atoms with Crippen molar-refractivity contribution >= 4 is 27.7 Å². The Morgan fingerprint density at radius 1 is 1.35 bits per heavy atom. The average molecular weight is 342 g/mol. The molecule has 2 aromatic rings. The van der Waals surface area contributed by atoms with E-state index in [-0.39, 0.29) is 23.5 Å². The molecule has 1 aromatic heterocycles. The third-order valence-corrected chi connectivity index (χ3v) is 3.01. The summed E-state index contributed by atoms with van der Waals surface area (Å²) in [5, 5.41) is 2.46. The maximum Gasteiger partial charge on any atom is 0.255 e. The number of carbonyl (C=O) groups excluding carboxylic acids is 1. The fourth-order valence-electron chi connectivity index (χ4n) is 1.58. The summed E-state index contributed by atoms with van der Waals surface area (Å²) in [6, 6.07) is 4.54. The van der Waals surface area contributed by atoms with Gasteiger partial charge in [0.15, 0.2) is 0 Å². The third-order valence-electron chi connectivity index (χ3n) is 2.58. The summed E-state index contributed by atoms with van der Waals surface area (Å²) in [6.45, 7) is -0.144. The molecule has 104 valence electrons. The van der Waals surface area contributed by atoms with Gasteiger partial charge in [-0.3, -0.25) is 4.79 Å². The molecule has 0 aliphatic rings. The number of nitrogen functional groups attached to an aromatic ring is 1. The van der Waals surface area contributed by atoms with Crippen molar-refractivity contribution in [3.05, 3.63) is 57.7 Å². The van der Waals surface area contributed by atoms with E-state index in [2.05, 4.69) is 26.2 Å². The van der Waals surface area contributed by atoms with E-state index in [9.17, 15) is 13.6 Å². The van der Waals surface area contributed by atoms with Crippen molar-refractivity contribution in [2.45, 2.75) is 6.54 Å². The van der Waals surface area contributed by atoms with Gasteiger partial charge in [-0.15, -0.1) is 0 Å². The van der Waals surface area contributed by atoms with Crippen LogP contribution in [0.3, 0.4) is 0 Å².